The van der Waals surface area contributed by atoms with Gasteiger partial charge in [0.25, 0.3) is 0 Å². The minimum atomic E-state index is 0.365. The Kier molecular flexibility index (Phi) is 3.20. The van der Waals surface area contributed by atoms with Crippen molar-refractivity contribution in [2.75, 3.05) is 6.61 Å². The Morgan fingerprint density at radius 1 is 1.44 bits per heavy atom. The predicted molar refractivity (Wildman–Crippen MR) is 67.0 cm³/mol. The van der Waals surface area contributed by atoms with Crippen molar-refractivity contribution in [1.29, 1.82) is 0 Å². The van der Waals surface area contributed by atoms with E-state index >= 15 is 0 Å². The summed E-state index contributed by atoms with van der Waals surface area (Å²) in [6.45, 7) is 9.46. The molecule has 1 aliphatic heterocycles. The quantitative estimate of drug-likeness (QED) is 0.843. The van der Waals surface area contributed by atoms with Gasteiger partial charge in [-0.25, -0.2) is 0 Å². The molecule has 1 heterocycles. The van der Waals surface area contributed by atoms with Gasteiger partial charge in [0.1, 0.15) is 12.4 Å². The molecule has 1 aromatic rings. The zero-order chi connectivity index (χ0) is 11.7. The van der Waals surface area contributed by atoms with Gasteiger partial charge < -0.3 is 10.1 Å². The summed E-state index contributed by atoms with van der Waals surface area (Å²) in [5, 5.41) is 3.61. The SMILES string of the molecule is CCC(C)NC1COc2c1ccc(C)c2C. The van der Waals surface area contributed by atoms with Crippen molar-refractivity contribution >= 4 is 0 Å². The first kappa shape index (κ1) is 11.5. The predicted octanol–water partition coefficient (Wildman–Crippen LogP) is 3.13. The Morgan fingerprint density at radius 2 is 2.19 bits per heavy atom. The molecule has 0 aliphatic carbocycles. The maximum atomic E-state index is 5.81. The van der Waals surface area contributed by atoms with E-state index in [9.17, 15) is 0 Å². The molecule has 88 valence electrons. The summed E-state index contributed by atoms with van der Waals surface area (Å²) in [6, 6.07) is 5.30. The van der Waals surface area contributed by atoms with Crippen molar-refractivity contribution in [1.82, 2.24) is 5.32 Å². The minimum Gasteiger partial charge on any atom is -0.491 e. The second-order valence-electron chi connectivity index (χ2n) is 4.77. The number of fused-ring (bicyclic) bond motifs is 1. The minimum absolute atomic E-state index is 0.365. The third-order valence-electron chi connectivity index (χ3n) is 3.58. The molecule has 2 atom stereocenters. The van der Waals surface area contributed by atoms with Gasteiger partial charge in [-0.3, -0.25) is 0 Å². The van der Waals surface area contributed by atoms with Gasteiger partial charge in [0, 0.05) is 11.6 Å². The normalized spacial score (nSPS) is 20.4. The summed E-state index contributed by atoms with van der Waals surface area (Å²) < 4.78 is 5.81. The Morgan fingerprint density at radius 3 is 2.88 bits per heavy atom. The van der Waals surface area contributed by atoms with Crippen molar-refractivity contribution < 1.29 is 4.74 Å². The highest BCUT2D eigenvalue weighted by atomic mass is 16.5. The van der Waals surface area contributed by atoms with E-state index in [1.54, 1.807) is 0 Å². The number of hydrogen-bond donors (Lipinski definition) is 1. The molecule has 1 N–H and O–H groups in total. The number of benzene rings is 1. The molecule has 0 radical (unpaired) electrons. The molecule has 1 aromatic carbocycles. The van der Waals surface area contributed by atoms with Crippen LogP contribution in [-0.4, -0.2) is 12.6 Å². The highest BCUT2D eigenvalue weighted by molar-refractivity contribution is 5.49. The van der Waals surface area contributed by atoms with Crippen LogP contribution in [0.15, 0.2) is 12.1 Å². The maximum absolute atomic E-state index is 5.81. The Labute approximate surface area is 98.0 Å². The largest absolute Gasteiger partial charge is 0.491 e. The first-order valence-electron chi connectivity index (χ1n) is 6.12. The first-order chi connectivity index (χ1) is 7.63. The fraction of sp³-hybridized carbons (Fsp3) is 0.571. The molecule has 0 amide bonds. The number of rotatable bonds is 3. The summed E-state index contributed by atoms with van der Waals surface area (Å²) in [5.74, 6) is 1.10. The number of aryl methyl sites for hydroxylation is 1. The van der Waals surface area contributed by atoms with E-state index in [0.29, 0.717) is 12.1 Å². The second kappa shape index (κ2) is 4.46. The summed E-state index contributed by atoms with van der Waals surface area (Å²) >= 11 is 0. The highest BCUT2D eigenvalue weighted by Crippen LogP contribution is 2.36. The van der Waals surface area contributed by atoms with Gasteiger partial charge in [-0.15, -0.1) is 0 Å². The van der Waals surface area contributed by atoms with Crippen LogP contribution >= 0.6 is 0 Å². The van der Waals surface area contributed by atoms with Crippen LogP contribution in [-0.2, 0) is 0 Å². The summed E-state index contributed by atoms with van der Waals surface area (Å²) in [4.78, 5) is 0. The van der Waals surface area contributed by atoms with E-state index in [2.05, 4.69) is 45.1 Å². The van der Waals surface area contributed by atoms with Crippen LogP contribution in [0.1, 0.15) is 43.0 Å². The Hall–Kier alpha value is -1.02. The van der Waals surface area contributed by atoms with E-state index in [1.807, 2.05) is 0 Å². The van der Waals surface area contributed by atoms with Crippen LogP contribution in [0.2, 0.25) is 0 Å². The average molecular weight is 219 g/mol. The lowest BCUT2D eigenvalue weighted by Crippen LogP contribution is -2.30. The summed E-state index contributed by atoms with van der Waals surface area (Å²) in [5.41, 5.74) is 3.91. The van der Waals surface area contributed by atoms with Crippen molar-refractivity contribution in [3.05, 3.63) is 28.8 Å². The molecular formula is C14H21NO. The van der Waals surface area contributed by atoms with Crippen molar-refractivity contribution in [2.24, 2.45) is 0 Å². The van der Waals surface area contributed by atoms with Crippen LogP contribution in [0.3, 0.4) is 0 Å². The Balaban J connectivity index is 2.24. The number of hydrogen-bond acceptors (Lipinski definition) is 2. The van der Waals surface area contributed by atoms with E-state index in [-0.39, 0.29) is 0 Å². The molecule has 16 heavy (non-hydrogen) atoms. The Bertz CT molecular complexity index is 387. The molecule has 0 spiro atoms. The summed E-state index contributed by atoms with van der Waals surface area (Å²) in [7, 11) is 0. The molecular weight excluding hydrogens is 198 g/mol. The van der Waals surface area contributed by atoms with Gasteiger partial charge >= 0.3 is 0 Å². The number of nitrogens with one attached hydrogen (secondary N) is 1. The molecule has 0 aromatic heterocycles. The lowest BCUT2D eigenvalue weighted by molar-refractivity contribution is 0.297. The lowest BCUT2D eigenvalue weighted by atomic mass is 10.0. The van der Waals surface area contributed by atoms with Crippen LogP contribution in [0.25, 0.3) is 0 Å². The fourth-order valence-corrected chi connectivity index (χ4v) is 2.13. The van der Waals surface area contributed by atoms with Crippen LogP contribution in [0.5, 0.6) is 5.75 Å². The molecule has 0 bridgehead atoms. The van der Waals surface area contributed by atoms with E-state index in [4.69, 9.17) is 4.74 Å². The molecule has 1 aliphatic rings. The van der Waals surface area contributed by atoms with Gasteiger partial charge in [-0.2, -0.15) is 0 Å². The third kappa shape index (κ3) is 1.94. The lowest BCUT2D eigenvalue weighted by Gasteiger charge is -2.17. The smallest absolute Gasteiger partial charge is 0.127 e. The van der Waals surface area contributed by atoms with Gasteiger partial charge in [0.2, 0.25) is 0 Å². The fourth-order valence-electron chi connectivity index (χ4n) is 2.13. The van der Waals surface area contributed by atoms with E-state index in [0.717, 1.165) is 18.8 Å². The molecule has 0 fully saturated rings. The van der Waals surface area contributed by atoms with Crippen molar-refractivity contribution in [3.8, 4) is 5.75 Å². The van der Waals surface area contributed by atoms with E-state index in [1.165, 1.54) is 16.7 Å². The molecule has 2 unspecified atom stereocenters. The van der Waals surface area contributed by atoms with Gasteiger partial charge in [0.15, 0.2) is 0 Å². The maximum Gasteiger partial charge on any atom is 0.127 e. The molecule has 0 saturated heterocycles. The molecule has 2 heteroatoms. The van der Waals surface area contributed by atoms with Crippen LogP contribution in [0, 0.1) is 13.8 Å². The van der Waals surface area contributed by atoms with E-state index < -0.39 is 0 Å². The van der Waals surface area contributed by atoms with Gasteiger partial charge in [-0.05, 0) is 38.3 Å². The van der Waals surface area contributed by atoms with Crippen LogP contribution < -0.4 is 10.1 Å². The second-order valence-corrected chi connectivity index (χ2v) is 4.77. The monoisotopic (exact) mass is 219 g/mol. The summed E-state index contributed by atoms with van der Waals surface area (Å²) in [6.07, 6.45) is 1.15. The van der Waals surface area contributed by atoms with Crippen LogP contribution in [0.4, 0.5) is 0 Å². The van der Waals surface area contributed by atoms with Crippen molar-refractivity contribution in [3.63, 3.8) is 0 Å². The zero-order valence-corrected chi connectivity index (χ0v) is 10.6. The highest BCUT2D eigenvalue weighted by Gasteiger charge is 2.26. The average Bonchev–Trinajstić information content (AvgIpc) is 2.67. The van der Waals surface area contributed by atoms with Gasteiger partial charge in [0.05, 0.1) is 6.04 Å². The number of ether oxygens (including phenoxy) is 1. The van der Waals surface area contributed by atoms with Crippen molar-refractivity contribution in [2.45, 2.75) is 46.2 Å². The topological polar surface area (TPSA) is 21.3 Å². The molecule has 2 rings (SSSR count). The molecule has 0 saturated carbocycles. The first-order valence-corrected chi connectivity index (χ1v) is 6.12. The van der Waals surface area contributed by atoms with Gasteiger partial charge in [-0.1, -0.05) is 19.1 Å². The standard InChI is InChI=1S/C14H21NO/c1-5-10(3)15-13-8-16-14-11(4)9(2)6-7-12(13)14/h6-7,10,13,15H,5,8H2,1-4H3. The molecule has 2 nitrogen and oxygen atoms in total. The third-order valence-corrected chi connectivity index (χ3v) is 3.58. The zero-order valence-electron chi connectivity index (χ0n) is 10.6.